The molecule has 0 saturated heterocycles. The van der Waals surface area contributed by atoms with Crippen LogP contribution in [0.5, 0.6) is 11.5 Å². The van der Waals surface area contributed by atoms with Crippen LogP contribution in [0.15, 0.2) is 65.8 Å². The van der Waals surface area contributed by atoms with Gasteiger partial charge in [-0.2, -0.15) is 5.10 Å². The van der Waals surface area contributed by atoms with E-state index in [0.29, 0.717) is 35.7 Å². The third-order valence-electron chi connectivity index (χ3n) is 6.92. The summed E-state index contributed by atoms with van der Waals surface area (Å²) in [5.41, 5.74) is 3.69. The number of nitrogens with one attached hydrogen (secondary N) is 1. The molecule has 6 nitrogen and oxygen atoms in total. The lowest BCUT2D eigenvalue weighted by atomic mass is 10.0. The van der Waals surface area contributed by atoms with Gasteiger partial charge in [0, 0.05) is 12.0 Å². The smallest absolute Gasteiger partial charge is 0.343 e. The summed E-state index contributed by atoms with van der Waals surface area (Å²) in [6, 6.07) is 18.3. The summed E-state index contributed by atoms with van der Waals surface area (Å²) in [6.45, 7) is 4.71. The first-order valence-corrected chi connectivity index (χ1v) is 14.9. The fourth-order valence-electron chi connectivity index (χ4n) is 4.68. The van der Waals surface area contributed by atoms with E-state index < -0.39 is 5.97 Å². The lowest BCUT2D eigenvalue weighted by Gasteiger charge is -2.11. The van der Waals surface area contributed by atoms with Gasteiger partial charge in [0.25, 0.3) is 0 Å². The molecular weight excluding hydrogens is 500 g/mol. The van der Waals surface area contributed by atoms with E-state index in [9.17, 15) is 9.59 Å². The van der Waals surface area contributed by atoms with Crippen LogP contribution in [0.4, 0.5) is 0 Å². The molecule has 0 spiro atoms. The Bertz CT molecular complexity index is 1220. The van der Waals surface area contributed by atoms with E-state index in [0.717, 1.165) is 23.6 Å². The summed E-state index contributed by atoms with van der Waals surface area (Å²) in [4.78, 5) is 25.2. The van der Waals surface area contributed by atoms with E-state index in [2.05, 4.69) is 17.5 Å². The predicted molar refractivity (Wildman–Crippen MR) is 163 cm³/mol. The van der Waals surface area contributed by atoms with Crippen molar-refractivity contribution in [1.82, 2.24) is 5.43 Å². The first-order valence-electron chi connectivity index (χ1n) is 14.9. The van der Waals surface area contributed by atoms with Gasteiger partial charge >= 0.3 is 5.97 Å². The van der Waals surface area contributed by atoms with Crippen molar-refractivity contribution >= 4 is 28.9 Å². The highest BCUT2D eigenvalue weighted by atomic mass is 16.5. The minimum absolute atomic E-state index is 0.111. The summed E-state index contributed by atoms with van der Waals surface area (Å²) in [5.74, 6) is 0.483. The molecule has 1 N–H and O–H groups in total. The van der Waals surface area contributed by atoms with Gasteiger partial charge in [-0.25, -0.2) is 10.2 Å². The number of esters is 1. The molecule has 0 aromatic heterocycles. The molecule has 3 rings (SSSR count). The fraction of sp³-hybridized carbons (Fsp3) is 0.441. The van der Waals surface area contributed by atoms with Crippen LogP contribution in [0, 0.1) is 0 Å². The van der Waals surface area contributed by atoms with E-state index in [4.69, 9.17) is 9.47 Å². The Kier molecular flexibility index (Phi) is 13.8. The second-order valence-electron chi connectivity index (χ2n) is 10.1. The van der Waals surface area contributed by atoms with Gasteiger partial charge in [-0.15, -0.1) is 0 Å². The average molecular weight is 545 g/mol. The largest absolute Gasteiger partial charge is 0.494 e. The maximum atomic E-state index is 12.9. The number of rotatable bonds is 18. The van der Waals surface area contributed by atoms with Crippen molar-refractivity contribution in [2.75, 3.05) is 6.61 Å². The third-order valence-corrected chi connectivity index (χ3v) is 6.92. The van der Waals surface area contributed by atoms with E-state index >= 15 is 0 Å². The number of carbonyl (C=O) groups is 2. The van der Waals surface area contributed by atoms with Crippen LogP contribution in [0.3, 0.4) is 0 Å². The predicted octanol–water partition coefficient (Wildman–Crippen LogP) is 8.61. The zero-order valence-electron chi connectivity index (χ0n) is 24.1. The van der Waals surface area contributed by atoms with Crippen LogP contribution in [0.1, 0.15) is 107 Å². The van der Waals surface area contributed by atoms with Crippen molar-refractivity contribution in [3.05, 3.63) is 71.8 Å². The summed E-state index contributed by atoms with van der Waals surface area (Å²) in [7, 11) is 0. The lowest BCUT2D eigenvalue weighted by Crippen LogP contribution is -2.17. The summed E-state index contributed by atoms with van der Waals surface area (Å²) in [5, 5.41) is 6.06. The minimum Gasteiger partial charge on any atom is -0.494 e. The van der Waals surface area contributed by atoms with Gasteiger partial charge in [0.15, 0.2) is 0 Å². The van der Waals surface area contributed by atoms with Crippen LogP contribution in [0.2, 0.25) is 0 Å². The lowest BCUT2D eigenvalue weighted by molar-refractivity contribution is -0.121. The minimum atomic E-state index is -0.478. The third kappa shape index (κ3) is 10.5. The molecule has 1 amide bonds. The maximum absolute atomic E-state index is 12.9. The van der Waals surface area contributed by atoms with Gasteiger partial charge < -0.3 is 9.47 Å². The van der Waals surface area contributed by atoms with Gasteiger partial charge in [0.1, 0.15) is 11.5 Å². The number of carbonyl (C=O) groups excluding carboxylic acids is 2. The second-order valence-corrected chi connectivity index (χ2v) is 10.1. The zero-order chi connectivity index (χ0) is 28.4. The summed E-state index contributed by atoms with van der Waals surface area (Å²) in [6.07, 6.45) is 15.7. The average Bonchev–Trinajstić information content (AvgIpc) is 2.97. The molecule has 0 aliphatic carbocycles. The molecule has 0 saturated carbocycles. The highest BCUT2D eigenvalue weighted by molar-refractivity contribution is 6.04. The molecule has 3 aromatic carbocycles. The van der Waals surface area contributed by atoms with Crippen LogP contribution in [-0.4, -0.2) is 24.7 Å². The zero-order valence-corrected chi connectivity index (χ0v) is 24.1. The molecule has 0 aliphatic rings. The van der Waals surface area contributed by atoms with Gasteiger partial charge in [0.2, 0.25) is 5.91 Å². The molecular formula is C34H44N2O4. The molecule has 214 valence electrons. The van der Waals surface area contributed by atoms with E-state index in [1.54, 1.807) is 36.5 Å². The molecule has 0 bridgehead atoms. The topological polar surface area (TPSA) is 77.0 Å². The molecule has 0 unspecified atom stereocenters. The first kappa shape index (κ1) is 30.9. The van der Waals surface area contributed by atoms with Crippen molar-refractivity contribution in [3.63, 3.8) is 0 Å². The number of hydrogen-bond donors (Lipinski definition) is 1. The molecule has 3 aromatic rings. The summed E-state index contributed by atoms with van der Waals surface area (Å²) >= 11 is 0. The Morgan fingerprint density at radius 2 is 1.43 bits per heavy atom. The number of fused-ring (bicyclic) bond motifs is 1. The number of hydrogen-bond acceptors (Lipinski definition) is 5. The van der Waals surface area contributed by atoms with Crippen LogP contribution in [-0.2, 0) is 4.79 Å². The number of nitrogens with zero attached hydrogens (tertiary/aromatic N) is 1. The molecule has 40 heavy (non-hydrogen) atoms. The van der Waals surface area contributed by atoms with Crippen molar-refractivity contribution in [2.24, 2.45) is 5.10 Å². The first-order chi connectivity index (χ1) is 19.6. The van der Waals surface area contributed by atoms with Crippen LogP contribution >= 0.6 is 0 Å². The van der Waals surface area contributed by atoms with Crippen molar-refractivity contribution < 1.29 is 19.1 Å². The highest BCUT2D eigenvalue weighted by Gasteiger charge is 2.14. The molecule has 0 atom stereocenters. The molecule has 0 fully saturated rings. The van der Waals surface area contributed by atoms with Crippen LogP contribution < -0.4 is 14.9 Å². The number of amides is 1. The van der Waals surface area contributed by atoms with Crippen molar-refractivity contribution in [2.45, 2.75) is 90.9 Å². The van der Waals surface area contributed by atoms with Gasteiger partial charge in [0.05, 0.1) is 18.4 Å². The number of hydrazone groups is 1. The Morgan fingerprint density at radius 3 is 2.10 bits per heavy atom. The Labute approximate surface area is 239 Å². The SMILES string of the molecule is CCCCCCCCCCCCCC(=O)NN=Cc1c(OC(=O)c2ccc(OCC)cc2)ccc2ccccc12. The number of unbranched alkanes of at least 4 members (excludes halogenated alkanes) is 10. The Hall–Kier alpha value is -3.67. The molecule has 0 heterocycles. The highest BCUT2D eigenvalue weighted by Crippen LogP contribution is 2.27. The quantitative estimate of drug-likeness (QED) is 0.0572. The monoisotopic (exact) mass is 544 g/mol. The normalized spacial score (nSPS) is 11.2. The van der Waals surface area contributed by atoms with Crippen molar-refractivity contribution in [3.8, 4) is 11.5 Å². The molecule has 0 aliphatic heterocycles. The van der Waals surface area contributed by atoms with Gasteiger partial charge in [-0.05, 0) is 54.4 Å². The van der Waals surface area contributed by atoms with E-state index in [1.165, 1.54) is 57.8 Å². The van der Waals surface area contributed by atoms with E-state index in [-0.39, 0.29) is 5.91 Å². The number of ether oxygens (including phenoxy) is 2. The fourth-order valence-corrected chi connectivity index (χ4v) is 4.68. The second kappa shape index (κ2) is 17.8. The standard InChI is InChI=1S/C34H44N2O4/c1-3-5-6-7-8-9-10-11-12-13-14-19-33(37)36-35-26-31-30-18-16-15-17-27(30)22-25-32(31)40-34(38)28-20-23-29(24-21-28)39-4-2/h15-18,20-26H,3-14,19H2,1-2H3,(H,36,37). The number of benzene rings is 3. The van der Waals surface area contributed by atoms with Gasteiger partial charge in [-0.3, -0.25) is 4.79 Å². The van der Waals surface area contributed by atoms with Gasteiger partial charge in [-0.1, -0.05) is 101 Å². The Balaban J connectivity index is 1.50. The maximum Gasteiger partial charge on any atom is 0.343 e. The Morgan fingerprint density at radius 1 is 0.775 bits per heavy atom. The molecule has 0 radical (unpaired) electrons. The van der Waals surface area contributed by atoms with Crippen LogP contribution in [0.25, 0.3) is 10.8 Å². The molecule has 6 heteroatoms. The summed E-state index contributed by atoms with van der Waals surface area (Å²) < 4.78 is 11.2. The van der Waals surface area contributed by atoms with Crippen molar-refractivity contribution in [1.29, 1.82) is 0 Å². The van der Waals surface area contributed by atoms with E-state index in [1.807, 2.05) is 37.3 Å².